The van der Waals surface area contributed by atoms with E-state index in [1.54, 1.807) is 21.7 Å². The Morgan fingerprint density at radius 3 is 2.64 bits per heavy atom. The number of imidazole rings is 1. The molecular formula is C23H27ClN10O2. The van der Waals surface area contributed by atoms with E-state index in [0.29, 0.717) is 65.7 Å². The third-order valence-electron chi connectivity index (χ3n) is 6.24. The number of carbonyl (C=O) groups excluding carboxylic acids is 1. The van der Waals surface area contributed by atoms with Crippen LogP contribution in [0.3, 0.4) is 0 Å². The molecule has 1 saturated carbocycles. The number of piperazine rings is 1. The Morgan fingerprint density at radius 1 is 1.19 bits per heavy atom. The first-order valence-corrected chi connectivity index (χ1v) is 12.2. The molecule has 3 aromatic rings. The van der Waals surface area contributed by atoms with Crippen LogP contribution in [0.4, 0.5) is 23.1 Å². The summed E-state index contributed by atoms with van der Waals surface area (Å²) in [5.74, 6) is 0.790. The van der Waals surface area contributed by atoms with E-state index in [9.17, 15) is 4.79 Å². The second-order valence-corrected chi connectivity index (χ2v) is 9.16. The minimum absolute atomic E-state index is 0.0641. The largest absolute Gasteiger partial charge is 0.396 e. The van der Waals surface area contributed by atoms with Crippen LogP contribution in [0.25, 0.3) is 5.65 Å². The van der Waals surface area contributed by atoms with Gasteiger partial charge in [0.25, 0.3) is 0 Å². The van der Waals surface area contributed by atoms with Crippen LogP contribution in [0, 0.1) is 10.8 Å². The average Bonchev–Trinajstić information content (AvgIpc) is 3.61. The summed E-state index contributed by atoms with van der Waals surface area (Å²) < 4.78 is 1.56. The lowest BCUT2D eigenvalue weighted by molar-refractivity contribution is -0.132. The summed E-state index contributed by atoms with van der Waals surface area (Å²) in [6, 6.07) is 3.95. The van der Waals surface area contributed by atoms with Gasteiger partial charge in [0.05, 0.1) is 29.2 Å². The van der Waals surface area contributed by atoms with Crippen LogP contribution in [0.15, 0.2) is 18.3 Å². The van der Waals surface area contributed by atoms with E-state index in [4.69, 9.17) is 27.5 Å². The zero-order chi connectivity index (χ0) is 25.2. The van der Waals surface area contributed by atoms with Crippen LogP contribution in [-0.4, -0.2) is 86.8 Å². The number of aliphatic hydroxyl groups excluding tert-OH is 1. The molecule has 2 aliphatic rings. The van der Waals surface area contributed by atoms with Gasteiger partial charge >= 0.3 is 0 Å². The molecule has 13 heteroatoms. The summed E-state index contributed by atoms with van der Waals surface area (Å²) >= 11 is 6.84. The van der Waals surface area contributed by atoms with Gasteiger partial charge in [0, 0.05) is 51.1 Å². The third-order valence-corrected chi connectivity index (χ3v) is 6.64. The van der Waals surface area contributed by atoms with Gasteiger partial charge in [-0.25, -0.2) is 9.50 Å². The number of anilines is 4. The van der Waals surface area contributed by atoms with Crippen LogP contribution in [0.2, 0.25) is 5.02 Å². The third kappa shape index (κ3) is 4.82. The predicted octanol–water partition coefficient (Wildman–Crippen LogP) is 2.12. The maximum Gasteiger partial charge on any atom is 0.247 e. The predicted molar refractivity (Wildman–Crippen MR) is 138 cm³/mol. The molecule has 5 N–H and O–H groups in total. The Bertz CT molecular complexity index is 1310. The minimum atomic E-state index is -0.159. The number of halogens is 1. The summed E-state index contributed by atoms with van der Waals surface area (Å²) in [5.41, 5.74) is 2.99. The van der Waals surface area contributed by atoms with Crippen molar-refractivity contribution >= 4 is 58.7 Å². The second kappa shape index (κ2) is 10.1. The lowest BCUT2D eigenvalue weighted by atomic mass is 10.1. The summed E-state index contributed by atoms with van der Waals surface area (Å²) in [4.78, 5) is 24.9. The van der Waals surface area contributed by atoms with Crippen LogP contribution < -0.4 is 15.5 Å². The van der Waals surface area contributed by atoms with Crippen LogP contribution in [0.5, 0.6) is 0 Å². The number of aromatic nitrogens is 4. The number of nitrogens with one attached hydrogen (secondary N) is 4. The fraction of sp³-hybridized carbons (Fsp3) is 0.391. The Morgan fingerprint density at radius 2 is 1.97 bits per heavy atom. The summed E-state index contributed by atoms with van der Waals surface area (Å²) in [6.45, 7) is 2.04. The Labute approximate surface area is 212 Å². The van der Waals surface area contributed by atoms with E-state index in [2.05, 4.69) is 30.6 Å². The fourth-order valence-corrected chi connectivity index (χ4v) is 4.45. The van der Waals surface area contributed by atoms with E-state index < -0.39 is 0 Å². The maximum atomic E-state index is 12.1. The van der Waals surface area contributed by atoms with E-state index in [-0.39, 0.29) is 24.9 Å². The van der Waals surface area contributed by atoms with Crippen molar-refractivity contribution in [3.05, 3.63) is 34.6 Å². The first-order valence-electron chi connectivity index (χ1n) is 11.8. The molecule has 188 valence electrons. The number of fused-ring (bicyclic) bond motifs is 1. The number of carbonyl (C=O) groups is 1. The number of rotatable bonds is 9. The molecule has 12 nitrogen and oxygen atoms in total. The van der Waals surface area contributed by atoms with Gasteiger partial charge < -0.3 is 36.4 Å². The monoisotopic (exact) mass is 510 g/mol. The number of amides is 1. The zero-order valence-corrected chi connectivity index (χ0v) is 20.3. The van der Waals surface area contributed by atoms with E-state index >= 15 is 0 Å². The number of aliphatic hydroxyl groups is 1. The minimum Gasteiger partial charge on any atom is -0.396 e. The van der Waals surface area contributed by atoms with Crippen molar-refractivity contribution in [2.24, 2.45) is 0 Å². The highest BCUT2D eigenvalue weighted by atomic mass is 35.5. The van der Waals surface area contributed by atoms with Crippen molar-refractivity contribution in [3.63, 3.8) is 0 Å². The molecule has 0 spiro atoms. The van der Waals surface area contributed by atoms with Crippen LogP contribution >= 0.6 is 11.6 Å². The van der Waals surface area contributed by atoms with E-state index in [1.807, 2.05) is 6.07 Å². The quantitative estimate of drug-likeness (QED) is 0.274. The normalized spacial score (nSPS) is 15.7. The number of hydrogen-bond acceptors (Lipinski definition) is 10. The molecule has 0 atom stereocenters. The molecule has 0 unspecified atom stereocenters. The van der Waals surface area contributed by atoms with Gasteiger partial charge in [0.15, 0.2) is 11.5 Å². The van der Waals surface area contributed by atoms with Crippen molar-refractivity contribution in [1.29, 1.82) is 10.8 Å². The van der Waals surface area contributed by atoms with Crippen molar-refractivity contribution in [2.75, 3.05) is 48.3 Å². The van der Waals surface area contributed by atoms with Gasteiger partial charge in [-0.05, 0) is 30.5 Å². The number of benzene rings is 1. The van der Waals surface area contributed by atoms with Gasteiger partial charge in [0.2, 0.25) is 11.9 Å². The SMILES string of the molecule is N=Cc1cc(Nc2nc(NC3CC3)c3ncc(C=N)n3n2)c(Cl)c(N2CCN(C(=O)CCO)CC2)c1. The molecule has 1 aliphatic carbocycles. The average molecular weight is 511 g/mol. The Kier molecular flexibility index (Phi) is 6.70. The zero-order valence-electron chi connectivity index (χ0n) is 19.5. The summed E-state index contributed by atoms with van der Waals surface area (Å²) in [7, 11) is 0. The number of hydrogen-bond donors (Lipinski definition) is 5. The molecule has 1 saturated heterocycles. The Balaban J connectivity index is 1.44. The van der Waals surface area contributed by atoms with Crippen LogP contribution in [-0.2, 0) is 4.79 Å². The highest BCUT2D eigenvalue weighted by Gasteiger charge is 2.25. The van der Waals surface area contributed by atoms with Crippen molar-refractivity contribution < 1.29 is 9.90 Å². The second-order valence-electron chi connectivity index (χ2n) is 8.78. The molecule has 5 rings (SSSR count). The van der Waals surface area contributed by atoms with Crippen molar-refractivity contribution in [2.45, 2.75) is 25.3 Å². The Hall–Kier alpha value is -3.77. The van der Waals surface area contributed by atoms with Gasteiger partial charge in [0.1, 0.15) is 5.69 Å². The molecule has 2 aromatic heterocycles. The molecule has 1 amide bonds. The standard InChI is InChI=1S/C23H27ClN10O2/c24-20-17(9-14(11-25)10-18(20)32-4-6-33(7-5-32)19(36)3-8-35)29-23-30-21(28-15-1-2-15)22-27-13-16(12-26)34(22)31-23/h9-13,15,25-26,35H,1-8H2,(H2,28,29,30,31). The smallest absolute Gasteiger partial charge is 0.247 e. The first kappa shape index (κ1) is 23.9. The van der Waals surface area contributed by atoms with Crippen LogP contribution in [0.1, 0.15) is 30.5 Å². The molecule has 1 aromatic carbocycles. The van der Waals surface area contributed by atoms with Crippen molar-refractivity contribution in [3.8, 4) is 0 Å². The molecule has 2 fully saturated rings. The van der Waals surface area contributed by atoms with Crippen molar-refractivity contribution in [1.82, 2.24) is 24.5 Å². The summed E-state index contributed by atoms with van der Waals surface area (Å²) in [5, 5.41) is 36.1. The molecule has 0 radical (unpaired) electrons. The lowest BCUT2D eigenvalue weighted by Crippen LogP contribution is -2.49. The highest BCUT2D eigenvalue weighted by Crippen LogP contribution is 2.36. The number of nitrogens with zero attached hydrogens (tertiary/aromatic N) is 6. The van der Waals surface area contributed by atoms with Gasteiger partial charge in [-0.1, -0.05) is 11.6 Å². The topological polar surface area (TPSA) is 159 Å². The lowest BCUT2D eigenvalue weighted by Gasteiger charge is -2.37. The van der Waals surface area contributed by atoms with Gasteiger partial charge in [-0.15, -0.1) is 5.10 Å². The molecular weight excluding hydrogens is 484 g/mol. The fourth-order valence-electron chi connectivity index (χ4n) is 4.17. The molecule has 36 heavy (non-hydrogen) atoms. The van der Waals surface area contributed by atoms with E-state index in [0.717, 1.165) is 18.5 Å². The molecule has 3 heterocycles. The van der Waals surface area contributed by atoms with E-state index in [1.165, 1.54) is 12.4 Å². The molecule has 1 aliphatic heterocycles. The highest BCUT2D eigenvalue weighted by molar-refractivity contribution is 6.36. The molecule has 0 bridgehead atoms. The van der Waals surface area contributed by atoms with Gasteiger partial charge in [-0.3, -0.25) is 4.79 Å². The maximum absolute atomic E-state index is 12.1. The summed E-state index contributed by atoms with van der Waals surface area (Å²) in [6.07, 6.45) is 6.25. The first-order chi connectivity index (χ1) is 17.5. The van der Waals surface area contributed by atoms with Gasteiger partial charge in [-0.2, -0.15) is 4.98 Å².